The minimum Gasteiger partial charge on any atom is -0.495 e. The van der Waals surface area contributed by atoms with Crippen molar-refractivity contribution in [1.82, 2.24) is 5.32 Å². The quantitative estimate of drug-likeness (QED) is 0.642. The third kappa shape index (κ3) is 2.76. The highest BCUT2D eigenvalue weighted by Gasteiger charge is 1.89. The molecule has 1 rings (SSSR count). The largest absolute Gasteiger partial charge is 0.495 e. The lowest BCUT2D eigenvalue weighted by molar-refractivity contribution is 0.366. The Hall–Kier alpha value is -1.44. The molecule has 2 N–H and O–H groups in total. The number of nitrogens with one attached hydrogen (secondary N) is 1. The second-order valence-electron chi connectivity index (χ2n) is 2.29. The molecule has 0 aliphatic carbocycles. The maximum Gasteiger partial charge on any atom is 0.176 e. The molecule has 0 bridgehead atoms. The van der Waals surface area contributed by atoms with E-state index in [1.54, 1.807) is 0 Å². The van der Waals surface area contributed by atoms with Crippen molar-refractivity contribution in [2.24, 2.45) is 0 Å². The van der Waals surface area contributed by atoms with Gasteiger partial charge in [0.05, 0.1) is 0 Å². The van der Waals surface area contributed by atoms with E-state index in [2.05, 4.69) is 11.9 Å². The highest BCUT2D eigenvalue weighted by molar-refractivity contribution is 5.14. The van der Waals surface area contributed by atoms with Gasteiger partial charge >= 0.3 is 0 Å². The van der Waals surface area contributed by atoms with Gasteiger partial charge in [-0.2, -0.15) is 0 Å². The first kappa shape index (κ1) is 7.66. The fourth-order valence-corrected chi connectivity index (χ4v) is 0.800. The molecule has 0 aliphatic heterocycles. The fourth-order valence-electron chi connectivity index (χ4n) is 0.800. The van der Waals surface area contributed by atoms with Crippen molar-refractivity contribution in [3.8, 4) is 0 Å². The average molecular weight is 149 g/mol. The number of benzene rings is 1. The van der Waals surface area contributed by atoms with E-state index >= 15 is 0 Å². The van der Waals surface area contributed by atoms with Crippen molar-refractivity contribution in [2.75, 3.05) is 0 Å². The Kier molecular flexibility index (Phi) is 2.55. The van der Waals surface area contributed by atoms with Crippen molar-refractivity contribution in [3.63, 3.8) is 0 Å². The number of aliphatic hydroxyl groups is 1. The molecule has 0 amide bonds. The Morgan fingerprint density at radius 2 is 2.00 bits per heavy atom. The summed E-state index contributed by atoms with van der Waals surface area (Å²) in [5.74, 6) is 0.00820. The van der Waals surface area contributed by atoms with Crippen molar-refractivity contribution >= 4 is 0 Å². The third-order valence-electron chi connectivity index (χ3n) is 1.34. The minimum atomic E-state index is 0.00820. The van der Waals surface area contributed by atoms with Crippen LogP contribution in [0.1, 0.15) is 5.56 Å². The van der Waals surface area contributed by atoms with E-state index in [4.69, 9.17) is 5.11 Å². The van der Waals surface area contributed by atoms with E-state index in [1.165, 1.54) is 0 Å². The van der Waals surface area contributed by atoms with Crippen LogP contribution in [0.15, 0.2) is 42.8 Å². The zero-order valence-electron chi connectivity index (χ0n) is 6.25. The van der Waals surface area contributed by atoms with Gasteiger partial charge in [-0.3, -0.25) is 0 Å². The summed E-state index contributed by atoms with van der Waals surface area (Å²) in [5.41, 5.74) is 1.13. The van der Waals surface area contributed by atoms with Crippen LogP contribution in [0.2, 0.25) is 0 Å². The molecule has 11 heavy (non-hydrogen) atoms. The van der Waals surface area contributed by atoms with Crippen LogP contribution in [0.4, 0.5) is 0 Å². The van der Waals surface area contributed by atoms with E-state index in [-0.39, 0.29) is 5.88 Å². The lowest BCUT2D eigenvalue weighted by Crippen LogP contribution is -2.10. The maximum atomic E-state index is 8.71. The summed E-state index contributed by atoms with van der Waals surface area (Å²) in [7, 11) is 0. The lowest BCUT2D eigenvalue weighted by Gasteiger charge is -2.02. The highest BCUT2D eigenvalue weighted by atomic mass is 16.3. The molecule has 0 spiro atoms. The first-order valence-electron chi connectivity index (χ1n) is 3.44. The summed E-state index contributed by atoms with van der Waals surface area (Å²) in [5, 5.41) is 11.4. The van der Waals surface area contributed by atoms with Crippen LogP contribution < -0.4 is 5.32 Å². The van der Waals surface area contributed by atoms with Crippen molar-refractivity contribution in [2.45, 2.75) is 6.54 Å². The van der Waals surface area contributed by atoms with Crippen LogP contribution in [0.25, 0.3) is 0 Å². The first-order chi connectivity index (χ1) is 5.29. The summed E-state index contributed by atoms with van der Waals surface area (Å²) in [6.45, 7) is 3.94. The van der Waals surface area contributed by atoms with Gasteiger partial charge in [-0.15, -0.1) is 0 Å². The van der Waals surface area contributed by atoms with Gasteiger partial charge in [0.2, 0.25) is 0 Å². The van der Waals surface area contributed by atoms with Gasteiger partial charge in [0.25, 0.3) is 0 Å². The Bertz CT molecular complexity index is 231. The maximum absolute atomic E-state index is 8.71. The number of hydrogen-bond donors (Lipinski definition) is 2. The van der Waals surface area contributed by atoms with Gasteiger partial charge < -0.3 is 10.4 Å². The molecule has 0 heterocycles. The van der Waals surface area contributed by atoms with Gasteiger partial charge in [-0.1, -0.05) is 30.3 Å². The molecule has 58 valence electrons. The van der Waals surface area contributed by atoms with Gasteiger partial charge in [0.15, 0.2) is 5.88 Å². The molecule has 0 fully saturated rings. The Balaban J connectivity index is 2.45. The van der Waals surface area contributed by atoms with E-state index in [0.717, 1.165) is 5.56 Å². The fraction of sp³-hybridized carbons (Fsp3) is 0.111. The zero-order chi connectivity index (χ0) is 8.10. The second-order valence-corrected chi connectivity index (χ2v) is 2.29. The monoisotopic (exact) mass is 149 g/mol. The van der Waals surface area contributed by atoms with Crippen LogP contribution in [-0.2, 0) is 6.54 Å². The van der Waals surface area contributed by atoms with E-state index in [0.29, 0.717) is 6.54 Å². The second kappa shape index (κ2) is 3.66. The molecule has 0 radical (unpaired) electrons. The third-order valence-corrected chi connectivity index (χ3v) is 1.34. The highest BCUT2D eigenvalue weighted by Crippen LogP contribution is 1.97. The van der Waals surface area contributed by atoms with E-state index in [9.17, 15) is 0 Å². The molecule has 0 saturated heterocycles. The zero-order valence-corrected chi connectivity index (χ0v) is 6.25. The number of aliphatic hydroxyl groups excluding tert-OH is 1. The van der Waals surface area contributed by atoms with Crippen LogP contribution in [-0.4, -0.2) is 5.11 Å². The molecular formula is C9H11NO. The minimum absolute atomic E-state index is 0.00820. The first-order valence-corrected chi connectivity index (χ1v) is 3.44. The standard InChI is InChI=1S/C9H11NO/c1-8(11)10-7-9-5-3-2-4-6-9/h2-6,10-11H,1,7H2. The van der Waals surface area contributed by atoms with Crippen molar-refractivity contribution in [3.05, 3.63) is 48.4 Å². The Morgan fingerprint density at radius 3 is 2.55 bits per heavy atom. The van der Waals surface area contributed by atoms with Crippen LogP contribution in [0.5, 0.6) is 0 Å². The smallest absolute Gasteiger partial charge is 0.176 e. The lowest BCUT2D eigenvalue weighted by atomic mass is 10.2. The SMILES string of the molecule is C=C(O)NCc1ccccc1. The van der Waals surface area contributed by atoms with Crippen LogP contribution in [0, 0.1) is 0 Å². The predicted octanol–water partition coefficient (Wildman–Crippen LogP) is 1.81. The normalized spacial score (nSPS) is 9.09. The van der Waals surface area contributed by atoms with E-state index < -0.39 is 0 Å². The van der Waals surface area contributed by atoms with Crippen molar-refractivity contribution < 1.29 is 5.11 Å². The summed E-state index contributed by atoms with van der Waals surface area (Å²) < 4.78 is 0. The molecule has 0 aliphatic rings. The Morgan fingerprint density at radius 1 is 1.36 bits per heavy atom. The number of rotatable bonds is 3. The topological polar surface area (TPSA) is 32.3 Å². The molecule has 1 aromatic carbocycles. The van der Waals surface area contributed by atoms with Crippen LogP contribution >= 0.6 is 0 Å². The summed E-state index contributed by atoms with van der Waals surface area (Å²) in [6.07, 6.45) is 0. The van der Waals surface area contributed by atoms with Gasteiger partial charge in [0, 0.05) is 6.54 Å². The number of hydrogen-bond acceptors (Lipinski definition) is 2. The van der Waals surface area contributed by atoms with Crippen LogP contribution in [0.3, 0.4) is 0 Å². The van der Waals surface area contributed by atoms with Gasteiger partial charge in [0.1, 0.15) is 0 Å². The van der Waals surface area contributed by atoms with E-state index in [1.807, 2.05) is 30.3 Å². The summed E-state index contributed by atoms with van der Waals surface area (Å²) in [4.78, 5) is 0. The van der Waals surface area contributed by atoms with Gasteiger partial charge in [-0.05, 0) is 12.1 Å². The molecule has 1 aromatic rings. The average Bonchev–Trinajstić information content (AvgIpc) is 2.03. The molecular weight excluding hydrogens is 138 g/mol. The molecule has 0 atom stereocenters. The molecule has 0 unspecified atom stereocenters. The van der Waals surface area contributed by atoms with Gasteiger partial charge in [-0.25, -0.2) is 0 Å². The summed E-state index contributed by atoms with van der Waals surface area (Å²) in [6, 6.07) is 9.83. The molecule has 2 heteroatoms. The molecule has 0 saturated carbocycles. The Labute approximate surface area is 66.2 Å². The predicted molar refractivity (Wildman–Crippen MR) is 45.1 cm³/mol. The molecule has 2 nitrogen and oxygen atoms in total. The van der Waals surface area contributed by atoms with Crippen molar-refractivity contribution in [1.29, 1.82) is 0 Å². The summed E-state index contributed by atoms with van der Waals surface area (Å²) >= 11 is 0. The molecule has 0 aromatic heterocycles.